The molecule has 1 aliphatic rings. The van der Waals surface area contributed by atoms with Gasteiger partial charge in [0, 0.05) is 5.69 Å². The summed E-state index contributed by atoms with van der Waals surface area (Å²) in [5.74, 6) is 0.834. The molecule has 0 radical (unpaired) electrons. The molecular formula is C14H23BN2O2. The molecule has 19 heavy (non-hydrogen) atoms. The first kappa shape index (κ1) is 14.3. The summed E-state index contributed by atoms with van der Waals surface area (Å²) in [6.45, 7) is 12.4. The van der Waals surface area contributed by atoms with Gasteiger partial charge in [-0.25, -0.2) is 4.98 Å². The van der Waals surface area contributed by atoms with Crippen LogP contribution in [0, 0.1) is 0 Å². The summed E-state index contributed by atoms with van der Waals surface area (Å²) in [6.07, 6.45) is 0. The topological polar surface area (TPSA) is 57.4 Å². The van der Waals surface area contributed by atoms with Crippen LogP contribution in [0.3, 0.4) is 0 Å². The van der Waals surface area contributed by atoms with Crippen molar-refractivity contribution in [1.82, 2.24) is 4.98 Å². The molecule has 0 bridgehead atoms. The summed E-state index contributed by atoms with van der Waals surface area (Å²) in [6, 6.07) is 3.84. The molecule has 2 heterocycles. The smallest absolute Gasteiger partial charge is 0.399 e. The molecule has 0 amide bonds. The molecule has 1 aromatic rings. The third-order valence-electron chi connectivity index (χ3n) is 4.00. The van der Waals surface area contributed by atoms with Gasteiger partial charge in [-0.1, -0.05) is 13.8 Å². The van der Waals surface area contributed by atoms with Crippen LogP contribution in [0.15, 0.2) is 12.1 Å². The first-order chi connectivity index (χ1) is 8.62. The Kier molecular flexibility index (Phi) is 3.39. The number of aromatic nitrogens is 1. The second-order valence-corrected chi connectivity index (χ2v) is 6.49. The standard InChI is InChI=1S/C14H23BN2O2/c1-9(2)11-7-10(8-12(16)17-11)15-18-13(3,4)14(5,6)19-15/h7-9H,1-6H3,(H2,16,17). The molecule has 1 aliphatic heterocycles. The van der Waals surface area contributed by atoms with Crippen molar-refractivity contribution in [3.63, 3.8) is 0 Å². The molecule has 1 fully saturated rings. The van der Waals surface area contributed by atoms with E-state index < -0.39 is 0 Å². The van der Waals surface area contributed by atoms with Crippen molar-refractivity contribution in [1.29, 1.82) is 0 Å². The fraction of sp³-hybridized carbons (Fsp3) is 0.643. The predicted octanol–water partition coefficient (Wildman–Crippen LogP) is 2.09. The SMILES string of the molecule is CC(C)c1cc(B2OC(C)(C)C(C)(C)O2)cc(N)n1. The molecule has 1 saturated heterocycles. The molecule has 0 unspecified atom stereocenters. The molecule has 0 aromatic carbocycles. The number of hydrogen-bond donors (Lipinski definition) is 1. The van der Waals surface area contributed by atoms with Gasteiger partial charge in [-0.2, -0.15) is 0 Å². The van der Waals surface area contributed by atoms with Gasteiger partial charge in [0.15, 0.2) is 0 Å². The highest BCUT2D eigenvalue weighted by Crippen LogP contribution is 2.36. The van der Waals surface area contributed by atoms with E-state index in [-0.39, 0.29) is 18.3 Å². The zero-order valence-electron chi connectivity index (χ0n) is 12.7. The van der Waals surface area contributed by atoms with Gasteiger partial charge in [-0.05, 0) is 51.2 Å². The molecule has 0 aliphatic carbocycles. The van der Waals surface area contributed by atoms with Crippen molar-refractivity contribution in [2.24, 2.45) is 0 Å². The average molecular weight is 262 g/mol. The summed E-state index contributed by atoms with van der Waals surface area (Å²) < 4.78 is 12.1. The van der Waals surface area contributed by atoms with Crippen LogP contribution < -0.4 is 11.2 Å². The highest BCUT2D eigenvalue weighted by molar-refractivity contribution is 6.62. The number of anilines is 1. The summed E-state index contributed by atoms with van der Waals surface area (Å²) in [5, 5.41) is 0. The Morgan fingerprint density at radius 3 is 2.11 bits per heavy atom. The maximum absolute atomic E-state index is 6.03. The second-order valence-electron chi connectivity index (χ2n) is 6.49. The zero-order valence-corrected chi connectivity index (χ0v) is 12.7. The van der Waals surface area contributed by atoms with Crippen LogP contribution in [0.1, 0.15) is 53.2 Å². The van der Waals surface area contributed by atoms with Crippen LogP contribution in [-0.2, 0) is 9.31 Å². The molecule has 104 valence electrons. The van der Waals surface area contributed by atoms with Crippen molar-refractivity contribution in [3.05, 3.63) is 17.8 Å². The monoisotopic (exact) mass is 262 g/mol. The first-order valence-electron chi connectivity index (χ1n) is 6.75. The Bertz CT molecular complexity index is 470. The van der Waals surface area contributed by atoms with Crippen LogP contribution >= 0.6 is 0 Å². The fourth-order valence-corrected chi connectivity index (χ4v) is 2.01. The van der Waals surface area contributed by atoms with Gasteiger partial charge in [0.25, 0.3) is 0 Å². The zero-order chi connectivity index (χ0) is 14.4. The van der Waals surface area contributed by atoms with Crippen molar-refractivity contribution < 1.29 is 9.31 Å². The molecule has 0 saturated carbocycles. The number of nitrogen functional groups attached to an aromatic ring is 1. The van der Waals surface area contributed by atoms with Gasteiger partial charge >= 0.3 is 7.12 Å². The summed E-state index contributed by atoms with van der Waals surface area (Å²) in [4.78, 5) is 4.34. The minimum absolute atomic E-state index is 0.324. The highest BCUT2D eigenvalue weighted by Gasteiger charge is 2.51. The Morgan fingerprint density at radius 2 is 1.63 bits per heavy atom. The van der Waals surface area contributed by atoms with E-state index in [9.17, 15) is 0 Å². The predicted molar refractivity (Wildman–Crippen MR) is 78.5 cm³/mol. The maximum atomic E-state index is 6.03. The molecule has 1 aromatic heterocycles. The minimum atomic E-state index is -0.382. The van der Waals surface area contributed by atoms with Crippen molar-refractivity contribution in [2.45, 2.75) is 58.7 Å². The Balaban J connectivity index is 2.34. The van der Waals surface area contributed by atoms with Crippen LogP contribution in [-0.4, -0.2) is 23.3 Å². The quantitative estimate of drug-likeness (QED) is 0.829. The van der Waals surface area contributed by atoms with Gasteiger partial charge in [0.05, 0.1) is 11.2 Å². The van der Waals surface area contributed by atoms with E-state index >= 15 is 0 Å². The maximum Gasteiger partial charge on any atom is 0.495 e. The summed E-state index contributed by atoms with van der Waals surface area (Å²) in [7, 11) is -0.382. The normalized spacial score (nSPS) is 21.1. The number of pyridine rings is 1. The fourth-order valence-electron chi connectivity index (χ4n) is 2.01. The van der Waals surface area contributed by atoms with E-state index in [0.717, 1.165) is 11.2 Å². The average Bonchev–Trinajstić information content (AvgIpc) is 2.47. The van der Waals surface area contributed by atoms with Crippen LogP contribution in [0.5, 0.6) is 0 Å². The van der Waals surface area contributed by atoms with E-state index in [1.165, 1.54) is 0 Å². The van der Waals surface area contributed by atoms with Gasteiger partial charge in [0.1, 0.15) is 5.82 Å². The second kappa shape index (κ2) is 4.49. The first-order valence-corrected chi connectivity index (χ1v) is 6.75. The lowest BCUT2D eigenvalue weighted by molar-refractivity contribution is 0.00578. The summed E-state index contributed by atoms with van der Waals surface area (Å²) >= 11 is 0. The van der Waals surface area contributed by atoms with Gasteiger partial charge in [0.2, 0.25) is 0 Å². The summed E-state index contributed by atoms with van der Waals surface area (Å²) in [5.41, 5.74) is 7.10. The largest absolute Gasteiger partial charge is 0.495 e. The Hall–Kier alpha value is -1.07. The molecule has 0 spiro atoms. The Labute approximate surface area is 115 Å². The molecule has 4 nitrogen and oxygen atoms in total. The van der Waals surface area contributed by atoms with Gasteiger partial charge in [-0.15, -0.1) is 0 Å². The highest BCUT2D eigenvalue weighted by atomic mass is 16.7. The van der Waals surface area contributed by atoms with E-state index in [1.807, 2.05) is 39.8 Å². The molecular weight excluding hydrogens is 239 g/mol. The van der Waals surface area contributed by atoms with E-state index in [0.29, 0.717) is 11.7 Å². The lowest BCUT2D eigenvalue weighted by atomic mass is 9.78. The Morgan fingerprint density at radius 1 is 1.11 bits per heavy atom. The van der Waals surface area contributed by atoms with Crippen LogP contribution in [0.25, 0.3) is 0 Å². The van der Waals surface area contributed by atoms with Gasteiger partial charge in [-0.3, -0.25) is 0 Å². The lowest BCUT2D eigenvalue weighted by Gasteiger charge is -2.32. The minimum Gasteiger partial charge on any atom is -0.399 e. The molecule has 5 heteroatoms. The van der Waals surface area contributed by atoms with Crippen molar-refractivity contribution >= 4 is 18.4 Å². The molecule has 2 N–H and O–H groups in total. The number of nitrogens with zero attached hydrogens (tertiary/aromatic N) is 1. The third-order valence-corrected chi connectivity index (χ3v) is 4.00. The third kappa shape index (κ3) is 2.62. The van der Waals surface area contributed by atoms with Crippen molar-refractivity contribution in [3.8, 4) is 0 Å². The molecule has 2 rings (SSSR count). The number of nitrogens with two attached hydrogens (primary N) is 1. The van der Waals surface area contributed by atoms with E-state index in [1.54, 1.807) is 0 Å². The van der Waals surface area contributed by atoms with Crippen LogP contribution in [0.4, 0.5) is 5.82 Å². The van der Waals surface area contributed by atoms with Crippen molar-refractivity contribution in [2.75, 3.05) is 5.73 Å². The van der Waals surface area contributed by atoms with Crippen LogP contribution in [0.2, 0.25) is 0 Å². The van der Waals surface area contributed by atoms with E-state index in [2.05, 4.69) is 18.8 Å². The van der Waals surface area contributed by atoms with E-state index in [4.69, 9.17) is 15.0 Å². The lowest BCUT2D eigenvalue weighted by Crippen LogP contribution is -2.41. The number of hydrogen-bond acceptors (Lipinski definition) is 4. The molecule has 0 atom stereocenters. The van der Waals surface area contributed by atoms with Gasteiger partial charge < -0.3 is 15.0 Å². The number of rotatable bonds is 2.